The molecule has 2 aliphatic rings. The first-order valence-corrected chi connectivity index (χ1v) is 6.46. The molecule has 5 heteroatoms. The molecule has 2 atom stereocenters. The van der Waals surface area contributed by atoms with Gasteiger partial charge >= 0.3 is 0 Å². The molecule has 0 aromatic carbocycles. The van der Waals surface area contributed by atoms with Gasteiger partial charge in [-0.25, -0.2) is 0 Å². The minimum atomic E-state index is -0.501. The quantitative estimate of drug-likeness (QED) is 0.697. The summed E-state index contributed by atoms with van der Waals surface area (Å²) in [5.41, 5.74) is 5.20. The summed E-state index contributed by atoms with van der Waals surface area (Å²) in [6, 6.07) is 0. The van der Waals surface area contributed by atoms with Crippen LogP contribution in [-0.2, 0) is 9.53 Å². The van der Waals surface area contributed by atoms with E-state index in [-0.39, 0.29) is 18.1 Å². The number of piperazine rings is 1. The summed E-state index contributed by atoms with van der Waals surface area (Å²) in [5.74, 6) is -0.193. The predicted octanol–water partition coefficient (Wildman–Crippen LogP) is -0.297. The second-order valence-corrected chi connectivity index (χ2v) is 5.30. The van der Waals surface area contributed by atoms with Crippen molar-refractivity contribution >= 4 is 5.91 Å². The molecule has 0 bridgehead atoms. The lowest BCUT2D eigenvalue weighted by atomic mass is 9.81. The third kappa shape index (κ3) is 2.46. The Labute approximate surface area is 103 Å². The van der Waals surface area contributed by atoms with E-state index in [1.165, 1.54) is 0 Å². The number of carbonyl (C=O) groups is 1. The molecule has 0 saturated carbocycles. The zero-order chi connectivity index (χ0) is 12.5. The number of primary amides is 1. The van der Waals surface area contributed by atoms with Crippen molar-refractivity contribution in [3.05, 3.63) is 0 Å². The van der Waals surface area contributed by atoms with Crippen molar-refractivity contribution in [3.8, 4) is 0 Å². The average Bonchev–Trinajstić information content (AvgIpc) is 2.28. The van der Waals surface area contributed by atoms with Crippen LogP contribution in [0.1, 0.15) is 26.7 Å². The van der Waals surface area contributed by atoms with Crippen LogP contribution in [0.4, 0.5) is 0 Å². The van der Waals surface area contributed by atoms with Crippen LogP contribution in [0.25, 0.3) is 0 Å². The highest BCUT2D eigenvalue weighted by molar-refractivity contribution is 5.85. The van der Waals surface area contributed by atoms with Crippen molar-refractivity contribution in [1.29, 1.82) is 0 Å². The molecule has 0 aromatic rings. The summed E-state index contributed by atoms with van der Waals surface area (Å²) in [6.45, 7) is 7.69. The number of ether oxygens (including phenoxy) is 1. The fourth-order valence-corrected chi connectivity index (χ4v) is 3.24. The average molecular weight is 241 g/mol. The number of hydrogen-bond acceptors (Lipinski definition) is 4. The molecule has 2 heterocycles. The lowest BCUT2D eigenvalue weighted by molar-refractivity contribution is -0.150. The predicted molar refractivity (Wildman–Crippen MR) is 65.6 cm³/mol. The van der Waals surface area contributed by atoms with E-state index in [1.807, 2.05) is 13.8 Å². The molecule has 17 heavy (non-hydrogen) atoms. The molecule has 3 N–H and O–H groups in total. The summed E-state index contributed by atoms with van der Waals surface area (Å²) in [5, 5.41) is 3.31. The van der Waals surface area contributed by atoms with Crippen molar-refractivity contribution in [3.63, 3.8) is 0 Å². The van der Waals surface area contributed by atoms with Gasteiger partial charge in [0.05, 0.1) is 12.2 Å². The van der Waals surface area contributed by atoms with Gasteiger partial charge in [-0.15, -0.1) is 0 Å². The number of nitrogens with zero attached hydrogens (tertiary/aromatic N) is 1. The SMILES string of the molecule is CC1CC(C(N)=O)(N2CCNCC2)CC(C)O1. The molecule has 98 valence electrons. The smallest absolute Gasteiger partial charge is 0.238 e. The monoisotopic (exact) mass is 241 g/mol. The van der Waals surface area contributed by atoms with Gasteiger partial charge in [-0.3, -0.25) is 9.69 Å². The fraction of sp³-hybridized carbons (Fsp3) is 0.917. The maximum absolute atomic E-state index is 12.0. The Balaban J connectivity index is 2.21. The minimum Gasteiger partial charge on any atom is -0.375 e. The molecule has 2 unspecified atom stereocenters. The molecule has 0 aliphatic carbocycles. The Hall–Kier alpha value is -0.650. The maximum Gasteiger partial charge on any atom is 0.238 e. The Morgan fingerprint density at radius 2 is 1.82 bits per heavy atom. The number of rotatable bonds is 2. The Morgan fingerprint density at radius 3 is 2.29 bits per heavy atom. The summed E-state index contributed by atoms with van der Waals surface area (Å²) in [7, 11) is 0. The van der Waals surface area contributed by atoms with Crippen LogP contribution < -0.4 is 11.1 Å². The van der Waals surface area contributed by atoms with E-state index in [0.717, 1.165) is 26.2 Å². The normalized spacial score (nSPS) is 40.1. The van der Waals surface area contributed by atoms with Crippen molar-refractivity contribution in [1.82, 2.24) is 10.2 Å². The molecule has 2 fully saturated rings. The highest BCUT2D eigenvalue weighted by Gasteiger charge is 2.47. The first-order valence-electron chi connectivity index (χ1n) is 6.46. The first kappa shape index (κ1) is 12.8. The first-order chi connectivity index (χ1) is 8.04. The summed E-state index contributed by atoms with van der Waals surface area (Å²) in [4.78, 5) is 14.2. The zero-order valence-corrected chi connectivity index (χ0v) is 10.7. The van der Waals surface area contributed by atoms with E-state index in [2.05, 4.69) is 10.2 Å². The van der Waals surface area contributed by atoms with E-state index in [4.69, 9.17) is 10.5 Å². The molecule has 5 nitrogen and oxygen atoms in total. The third-order valence-electron chi connectivity index (χ3n) is 3.90. The van der Waals surface area contributed by atoms with Crippen LogP contribution in [0.15, 0.2) is 0 Å². The topological polar surface area (TPSA) is 67.6 Å². The summed E-state index contributed by atoms with van der Waals surface area (Å²) < 4.78 is 5.73. The molecule has 2 aliphatic heterocycles. The number of hydrogen-bond donors (Lipinski definition) is 2. The second kappa shape index (κ2) is 4.92. The van der Waals surface area contributed by atoms with Crippen molar-refractivity contribution in [2.24, 2.45) is 5.73 Å². The van der Waals surface area contributed by atoms with Crippen LogP contribution in [0, 0.1) is 0 Å². The lowest BCUT2D eigenvalue weighted by Crippen LogP contribution is -2.66. The van der Waals surface area contributed by atoms with E-state index < -0.39 is 5.54 Å². The van der Waals surface area contributed by atoms with Crippen molar-refractivity contribution < 1.29 is 9.53 Å². The van der Waals surface area contributed by atoms with Crippen LogP contribution in [0.3, 0.4) is 0 Å². The number of nitrogens with two attached hydrogens (primary N) is 1. The van der Waals surface area contributed by atoms with Gasteiger partial charge in [-0.2, -0.15) is 0 Å². The Bertz CT molecular complexity index is 279. The van der Waals surface area contributed by atoms with Crippen LogP contribution >= 0.6 is 0 Å². The largest absolute Gasteiger partial charge is 0.375 e. The van der Waals surface area contributed by atoms with Gasteiger partial charge in [-0.05, 0) is 13.8 Å². The molecule has 0 radical (unpaired) electrons. The lowest BCUT2D eigenvalue weighted by Gasteiger charge is -2.49. The standard InChI is InChI=1S/C12H23N3O2/c1-9-7-12(11(13)16,8-10(2)17-9)15-5-3-14-4-6-15/h9-10,14H,3-8H2,1-2H3,(H2,13,16). The number of nitrogens with one attached hydrogen (secondary N) is 1. The third-order valence-corrected chi connectivity index (χ3v) is 3.90. The van der Waals surface area contributed by atoms with Crippen molar-refractivity contribution in [2.75, 3.05) is 26.2 Å². The van der Waals surface area contributed by atoms with Gasteiger partial charge in [0.1, 0.15) is 5.54 Å². The Morgan fingerprint density at radius 1 is 1.29 bits per heavy atom. The molecule has 0 spiro atoms. The Kier molecular flexibility index (Phi) is 3.70. The van der Waals surface area contributed by atoms with Crippen LogP contribution in [0.2, 0.25) is 0 Å². The molecular formula is C12H23N3O2. The summed E-state index contributed by atoms with van der Waals surface area (Å²) >= 11 is 0. The highest BCUT2D eigenvalue weighted by Crippen LogP contribution is 2.34. The second-order valence-electron chi connectivity index (χ2n) is 5.30. The van der Waals surface area contributed by atoms with Gasteiger partial charge in [-0.1, -0.05) is 0 Å². The molecule has 0 aromatic heterocycles. The van der Waals surface area contributed by atoms with Gasteiger partial charge in [0.2, 0.25) is 5.91 Å². The molecule has 1 amide bonds. The maximum atomic E-state index is 12.0. The van der Waals surface area contributed by atoms with E-state index in [1.54, 1.807) is 0 Å². The van der Waals surface area contributed by atoms with Crippen molar-refractivity contribution in [2.45, 2.75) is 44.4 Å². The van der Waals surface area contributed by atoms with E-state index >= 15 is 0 Å². The van der Waals surface area contributed by atoms with Gasteiger partial charge in [0.25, 0.3) is 0 Å². The molecule has 2 rings (SSSR count). The van der Waals surface area contributed by atoms with Gasteiger partial charge in [0.15, 0.2) is 0 Å². The van der Waals surface area contributed by atoms with Gasteiger partial charge in [0, 0.05) is 39.0 Å². The van der Waals surface area contributed by atoms with Gasteiger partial charge < -0.3 is 15.8 Å². The zero-order valence-electron chi connectivity index (χ0n) is 10.7. The number of amides is 1. The fourth-order valence-electron chi connectivity index (χ4n) is 3.24. The highest BCUT2D eigenvalue weighted by atomic mass is 16.5. The minimum absolute atomic E-state index is 0.0983. The number of carbonyl (C=O) groups excluding carboxylic acids is 1. The van der Waals surface area contributed by atoms with E-state index in [9.17, 15) is 4.79 Å². The summed E-state index contributed by atoms with van der Waals surface area (Å²) in [6.07, 6.45) is 1.63. The molecule has 2 saturated heterocycles. The molecular weight excluding hydrogens is 218 g/mol. The van der Waals surface area contributed by atoms with Crippen LogP contribution in [0.5, 0.6) is 0 Å². The van der Waals surface area contributed by atoms with Crippen LogP contribution in [-0.4, -0.2) is 54.7 Å². The van der Waals surface area contributed by atoms with E-state index in [0.29, 0.717) is 12.8 Å².